The number of anilines is 2. The summed E-state index contributed by atoms with van der Waals surface area (Å²) < 4.78 is 76.6. The summed E-state index contributed by atoms with van der Waals surface area (Å²) in [7, 11) is -0.0822. The van der Waals surface area contributed by atoms with Gasteiger partial charge in [0, 0.05) is 32.1 Å². The van der Waals surface area contributed by atoms with E-state index < -0.39 is 46.0 Å². The summed E-state index contributed by atoms with van der Waals surface area (Å²) in [5.41, 5.74) is 0.0108. The largest absolute Gasteiger partial charge is 0.435 e. The van der Waals surface area contributed by atoms with Crippen LogP contribution in [0.5, 0.6) is 11.6 Å². The van der Waals surface area contributed by atoms with Gasteiger partial charge in [-0.05, 0) is 50.4 Å². The van der Waals surface area contributed by atoms with Gasteiger partial charge in [0.2, 0.25) is 17.6 Å². The minimum atomic E-state index is -1.73. The highest BCUT2D eigenvalue weighted by Crippen LogP contribution is 2.36. The molecule has 2 aromatic heterocycles. The molecule has 3 heterocycles. The van der Waals surface area contributed by atoms with Crippen molar-refractivity contribution in [1.82, 2.24) is 20.3 Å². The highest BCUT2D eigenvalue weighted by atomic mass is 32.2. The van der Waals surface area contributed by atoms with Crippen LogP contribution in [0.25, 0.3) is 11.3 Å². The van der Waals surface area contributed by atoms with Gasteiger partial charge in [0.1, 0.15) is 22.8 Å². The van der Waals surface area contributed by atoms with Gasteiger partial charge in [-0.2, -0.15) is 4.39 Å². The average Bonchev–Trinajstić information content (AvgIpc) is 2.99. The Bertz CT molecular complexity index is 1310. The Morgan fingerprint density at radius 2 is 1.82 bits per heavy atom. The van der Waals surface area contributed by atoms with Crippen LogP contribution in [0.1, 0.15) is 44.9 Å². The van der Waals surface area contributed by atoms with Gasteiger partial charge in [0.15, 0.2) is 17.4 Å². The second kappa shape index (κ2) is 14.4. The van der Waals surface area contributed by atoms with Crippen molar-refractivity contribution in [2.45, 2.75) is 56.4 Å². The normalized spacial score (nSPS) is 18.3. The van der Waals surface area contributed by atoms with Crippen molar-refractivity contribution in [2.75, 3.05) is 30.2 Å². The number of halogens is 4. The van der Waals surface area contributed by atoms with E-state index in [-0.39, 0.29) is 11.1 Å². The summed E-state index contributed by atoms with van der Waals surface area (Å²) in [4.78, 5) is 12.4. The Kier molecular flexibility index (Phi) is 10.6. The van der Waals surface area contributed by atoms with Crippen LogP contribution in [-0.4, -0.2) is 50.7 Å². The molecule has 2 aliphatic rings. The van der Waals surface area contributed by atoms with Crippen molar-refractivity contribution in [3.63, 3.8) is 0 Å². The fourth-order valence-electron chi connectivity index (χ4n) is 4.41. The highest BCUT2D eigenvalue weighted by molar-refractivity contribution is 7.87. The summed E-state index contributed by atoms with van der Waals surface area (Å²) >= 11 is 0. The number of alkyl halides is 1. The van der Waals surface area contributed by atoms with E-state index in [2.05, 4.69) is 30.3 Å². The molecule has 0 bridgehead atoms. The van der Waals surface area contributed by atoms with Crippen molar-refractivity contribution in [3.05, 3.63) is 54.1 Å². The second-order valence-corrected chi connectivity index (χ2v) is 10.9. The lowest BCUT2D eigenvalue weighted by atomic mass is 10.0. The first-order valence-electron chi connectivity index (χ1n) is 13.2. The lowest BCUT2D eigenvalue weighted by Gasteiger charge is -2.22. The Morgan fingerprint density at radius 1 is 1.02 bits per heavy atom. The molecule has 40 heavy (non-hydrogen) atoms. The molecule has 2 atom stereocenters. The zero-order valence-electron chi connectivity index (χ0n) is 22.1. The molecule has 8 nitrogen and oxygen atoms in total. The van der Waals surface area contributed by atoms with E-state index in [1.807, 2.05) is 0 Å². The van der Waals surface area contributed by atoms with Crippen LogP contribution in [0.3, 0.4) is 0 Å². The predicted molar refractivity (Wildman–Crippen MR) is 147 cm³/mol. The molecule has 1 saturated heterocycles. The Balaban J connectivity index is 0.000000461. The van der Waals surface area contributed by atoms with E-state index in [0.717, 1.165) is 38.6 Å². The molecule has 0 amide bonds. The molecular weight excluding hydrogens is 548 g/mol. The third kappa shape index (κ3) is 7.66. The molecule has 13 heteroatoms. The summed E-state index contributed by atoms with van der Waals surface area (Å²) in [5, 5.41) is 5.53. The highest BCUT2D eigenvalue weighted by Gasteiger charge is 2.26. The SMILES string of the molecule is CNc1nccc(-c2cccnc2Oc2cc(F)c(NS(=O)C3CCCCC3)c(F)c2F)n1.FC1CCCNC1. The summed E-state index contributed by atoms with van der Waals surface area (Å²) in [6.45, 7) is 1.57. The molecule has 1 aliphatic carbocycles. The van der Waals surface area contributed by atoms with Gasteiger partial charge in [-0.25, -0.2) is 32.3 Å². The molecule has 5 rings (SSSR count). The number of aromatic nitrogens is 3. The van der Waals surface area contributed by atoms with Gasteiger partial charge in [0.05, 0.1) is 16.5 Å². The van der Waals surface area contributed by atoms with Gasteiger partial charge in [0.25, 0.3) is 0 Å². The first-order chi connectivity index (χ1) is 19.4. The van der Waals surface area contributed by atoms with Gasteiger partial charge in [-0.1, -0.05) is 19.3 Å². The second-order valence-electron chi connectivity index (χ2n) is 9.44. The van der Waals surface area contributed by atoms with Crippen molar-refractivity contribution >= 4 is 22.6 Å². The molecule has 2 fully saturated rings. The van der Waals surface area contributed by atoms with E-state index in [1.165, 1.54) is 12.4 Å². The molecule has 3 N–H and O–H groups in total. The molecule has 0 radical (unpaired) electrons. The number of hydrogen-bond acceptors (Lipinski definition) is 7. The molecule has 1 aliphatic heterocycles. The molecule has 3 aromatic rings. The van der Waals surface area contributed by atoms with Gasteiger partial charge in [-0.15, -0.1) is 0 Å². The van der Waals surface area contributed by atoms with Gasteiger partial charge >= 0.3 is 0 Å². The average molecular weight is 581 g/mol. The topological polar surface area (TPSA) is 101 Å². The lowest BCUT2D eigenvalue weighted by Crippen LogP contribution is -2.30. The van der Waals surface area contributed by atoms with E-state index in [4.69, 9.17) is 4.74 Å². The van der Waals surface area contributed by atoms with Gasteiger partial charge in [-0.3, -0.25) is 4.72 Å². The standard InChI is InChI=1S/C22H22F3N5O2S.C5H10FN/c1-26-22-28-11-9-16(29-22)14-8-5-10-27-21(14)32-17-12-15(23)20(19(25)18(17)24)30-33(31)13-6-3-2-4-7-13;6-5-2-1-3-7-4-5/h5,8-13,30H,2-4,6-7H2,1H3,(H,26,28,29);5,7H,1-4H2. The number of benzene rings is 1. The fourth-order valence-corrected chi connectivity index (χ4v) is 5.73. The first-order valence-corrected chi connectivity index (χ1v) is 14.4. The maximum atomic E-state index is 14.8. The Hall–Kier alpha value is -3.32. The summed E-state index contributed by atoms with van der Waals surface area (Å²) in [6.07, 6.45) is 8.31. The summed E-state index contributed by atoms with van der Waals surface area (Å²) in [5.74, 6) is -4.50. The molecular formula is C27H32F4N6O2S. The maximum Gasteiger partial charge on any atom is 0.228 e. The van der Waals surface area contributed by atoms with Crippen LogP contribution >= 0.6 is 0 Å². The molecule has 216 valence electrons. The zero-order valence-corrected chi connectivity index (χ0v) is 22.9. The van der Waals surface area contributed by atoms with Crippen LogP contribution in [-0.2, 0) is 11.0 Å². The number of piperidine rings is 1. The van der Waals surface area contributed by atoms with Crippen LogP contribution in [0.15, 0.2) is 36.7 Å². The molecule has 1 saturated carbocycles. The van der Waals surface area contributed by atoms with Crippen LogP contribution < -0.4 is 20.1 Å². The smallest absolute Gasteiger partial charge is 0.228 e. The fraction of sp³-hybridized carbons (Fsp3) is 0.444. The third-order valence-electron chi connectivity index (χ3n) is 6.55. The number of hydrogen-bond donors (Lipinski definition) is 3. The molecule has 1 aromatic carbocycles. The number of nitrogens with zero attached hydrogens (tertiary/aromatic N) is 3. The Labute approximate surface area is 233 Å². The van der Waals surface area contributed by atoms with Gasteiger partial charge < -0.3 is 15.4 Å². The van der Waals surface area contributed by atoms with Crippen LogP contribution in [0.2, 0.25) is 0 Å². The number of nitrogens with one attached hydrogen (secondary N) is 3. The first kappa shape index (κ1) is 29.7. The van der Waals surface area contributed by atoms with E-state index >= 15 is 0 Å². The lowest BCUT2D eigenvalue weighted by molar-refractivity contribution is 0.266. The van der Waals surface area contributed by atoms with Crippen LogP contribution in [0.4, 0.5) is 29.2 Å². The minimum absolute atomic E-state index is 0.0950. The van der Waals surface area contributed by atoms with Crippen molar-refractivity contribution in [2.24, 2.45) is 0 Å². The van der Waals surface area contributed by atoms with Crippen LogP contribution in [0, 0.1) is 17.5 Å². The van der Waals surface area contributed by atoms with E-state index in [9.17, 15) is 21.8 Å². The van der Waals surface area contributed by atoms with Crippen molar-refractivity contribution < 1.29 is 26.5 Å². The molecule has 0 spiro atoms. The molecule has 2 unspecified atom stereocenters. The Morgan fingerprint density at radius 3 is 2.50 bits per heavy atom. The number of ether oxygens (including phenoxy) is 1. The van der Waals surface area contributed by atoms with Crippen molar-refractivity contribution in [1.29, 1.82) is 0 Å². The maximum absolute atomic E-state index is 14.8. The summed E-state index contributed by atoms with van der Waals surface area (Å²) in [6, 6.07) is 5.54. The number of pyridine rings is 1. The zero-order chi connectivity index (χ0) is 28.5. The number of rotatable bonds is 7. The van der Waals surface area contributed by atoms with Crippen molar-refractivity contribution in [3.8, 4) is 22.9 Å². The van der Waals surface area contributed by atoms with E-state index in [0.29, 0.717) is 42.7 Å². The third-order valence-corrected chi connectivity index (χ3v) is 8.03. The monoisotopic (exact) mass is 580 g/mol. The predicted octanol–water partition coefficient (Wildman–Crippen LogP) is 5.91. The minimum Gasteiger partial charge on any atom is -0.435 e. The van der Waals surface area contributed by atoms with E-state index in [1.54, 1.807) is 25.2 Å². The quantitative estimate of drug-likeness (QED) is 0.236.